The molecule has 0 aromatic rings. The van der Waals surface area contributed by atoms with E-state index in [1.807, 2.05) is 0 Å². The maximum absolute atomic E-state index is 11.2. The van der Waals surface area contributed by atoms with Crippen LogP contribution in [-0.2, 0) is 14.3 Å². The van der Waals surface area contributed by atoms with Gasteiger partial charge in [0.25, 0.3) is 0 Å². The van der Waals surface area contributed by atoms with Crippen molar-refractivity contribution in [2.45, 2.75) is 64.5 Å². The fraction of sp³-hybridized carbons (Fsp3) is 0.875. The minimum Gasteiger partial charge on any atom is -0.465 e. The van der Waals surface area contributed by atoms with E-state index in [1.54, 1.807) is 0 Å². The molecule has 0 aromatic carbocycles. The predicted octanol–water partition coefficient (Wildman–Crippen LogP) is 2.68. The average Bonchev–Trinajstić information content (AvgIpc) is 2.94. The van der Waals surface area contributed by atoms with Gasteiger partial charge in [0.1, 0.15) is 0 Å². The van der Waals surface area contributed by atoms with Crippen LogP contribution in [0.4, 0.5) is 0 Å². The Balaban J connectivity index is 0.000000243. The molecule has 24 heavy (non-hydrogen) atoms. The fourth-order valence-electron chi connectivity index (χ4n) is 2.96. The van der Waals surface area contributed by atoms with Gasteiger partial charge in [-0.05, 0) is 33.1 Å². The summed E-state index contributed by atoms with van der Waals surface area (Å²) in [5.41, 5.74) is -1.02. The molecule has 2 heterocycles. The van der Waals surface area contributed by atoms with E-state index in [4.69, 9.17) is 4.74 Å². The lowest BCUT2D eigenvalue weighted by molar-refractivity contribution is -0.562. The second kappa shape index (κ2) is 8.27. The Morgan fingerprint density at radius 2 is 2.00 bits per heavy atom. The number of alkyl halides is 1. The molecule has 2 fully saturated rings. The number of ether oxygens (including phenoxy) is 1. The Morgan fingerprint density at radius 1 is 1.38 bits per heavy atom. The second-order valence-corrected chi connectivity index (χ2v) is 8.47. The van der Waals surface area contributed by atoms with Gasteiger partial charge < -0.3 is 10.1 Å². The van der Waals surface area contributed by atoms with Crippen LogP contribution in [0, 0.1) is 22.0 Å². The van der Waals surface area contributed by atoms with Gasteiger partial charge in [0.05, 0.1) is 12.5 Å². The van der Waals surface area contributed by atoms with Crippen LogP contribution in [0.5, 0.6) is 0 Å². The van der Waals surface area contributed by atoms with Crippen LogP contribution in [0.25, 0.3) is 0 Å². The zero-order chi connectivity index (χ0) is 18.5. The first kappa shape index (κ1) is 20.9. The Morgan fingerprint density at radius 3 is 2.38 bits per heavy atom. The quantitative estimate of drug-likeness (QED) is 0.327. The van der Waals surface area contributed by atoms with Gasteiger partial charge in [0.2, 0.25) is 11.4 Å². The zero-order valence-corrected chi connectivity index (χ0v) is 16.3. The van der Waals surface area contributed by atoms with Crippen LogP contribution in [0.2, 0.25) is 0 Å². The average molecular weight is 407 g/mol. The maximum atomic E-state index is 11.2. The highest BCUT2D eigenvalue weighted by atomic mass is 79.9. The monoisotopic (exact) mass is 406 g/mol. The lowest BCUT2D eigenvalue weighted by atomic mass is 9.90. The van der Waals surface area contributed by atoms with Crippen molar-refractivity contribution >= 4 is 27.8 Å². The Kier molecular flexibility index (Phi) is 7.19. The molecule has 1 amide bonds. The van der Waals surface area contributed by atoms with Gasteiger partial charge in [-0.1, -0.05) is 15.9 Å². The molecule has 0 aliphatic carbocycles. The third-order valence-electron chi connectivity index (χ3n) is 4.33. The molecule has 0 spiro atoms. The van der Waals surface area contributed by atoms with E-state index >= 15 is 0 Å². The summed E-state index contributed by atoms with van der Waals surface area (Å²) in [6.07, 6.45) is 2.79. The van der Waals surface area contributed by atoms with E-state index < -0.39 is 5.54 Å². The van der Waals surface area contributed by atoms with Gasteiger partial charge in [-0.3, -0.25) is 19.7 Å². The van der Waals surface area contributed by atoms with Crippen molar-refractivity contribution < 1.29 is 19.2 Å². The molecule has 2 atom stereocenters. The van der Waals surface area contributed by atoms with E-state index in [-0.39, 0.29) is 40.6 Å². The molecule has 0 radical (unpaired) electrons. The molecular formula is C16H27BrN2O5. The Bertz CT molecular complexity index is 493. The number of esters is 1. The molecule has 138 valence electrons. The molecule has 8 heteroatoms. The van der Waals surface area contributed by atoms with E-state index in [2.05, 4.69) is 35.1 Å². The summed E-state index contributed by atoms with van der Waals surface area (Å²) in [7, 11) is 0. The van der Waals surface area contributed by atoms with Gasteiger partial charge in [-0.15, -0.1) is 0 Å². The van der Waals surface area contributed by atoms with Crippen LogP contribution < -0.4 is 5.32 Å². The number of cyclic esters (lactones) is 1. The number of amides is 1. The molecule has 1 N–H and O–H groups in total. The topological polar surface area (TPSA) is 98.5 Å². The SMILES string of the molecule is CC(C)(CC1CCOC1=O)[N+](=O)[O-].CC1(C)CC(CCBr)C(=O)N1. The first-order valence-electron chi connectivity index (χ1n) is 8.17. The number of carbonyl (C=O) groups is 2. The lowest BCUT2D eigenvalue weighted by Crippen LogP contribution is -2.34. The molecule has 2 aliphatic rings. The van der Waals surface area contributed by atoms with E-state index in [0.29, 0.717) is 13.0 Å². The van der Waals surface area contributed by atoms with Crippen LogP contribution in [0.1, 0.15) is 53.4 Å². The van der Waals surface area contributed by atoms with Crippen LogP contribution in [0.15, 0.2) is 0 Å². The van der Waals surface area contributed by atoms with Gasteiger partial charge in [-0.2, -0.15) is 0 Å². The third kappa shape index (κ3) is 6.03. The van der Waals surface area contributed by atoms with Crippen molar-refractivity contribution in [2.24, 2.45) is 11.8 Å². The Labute approximate surface area is 151 Å². The van der Waals surface area contributed by atoms with E-state index in [1.165, 1.54) is 13.8 Å². The summed E-state index contributed by atoms with van der Waals surface area (Å²) in [5, 5.41) is 14.5. The summed E-state index contributed by atoms with van der Waals surface area (Å²) in [5.74, 6) is -0.144. The van der Waals surface area contributed by atoms with Crippen molar-refractivity contribution in [2.75, 3.05) is 11.9 Å². The number of nitrogens with zero attached hydrogens (tertiary/aromatic N) is 1. The molecule has 2 saturated heterocycles. The van der Waals surface area contributed by atoms with E-state index in [9.17, 15) is 19.7 Å². The first-order chi connectivity index (χ1) is 11.0. The number of halogens is 1. The Hall–Kier alpha value is -1.18. The lowest BCUT2D eigenvalue weighted by Gasteiger charge is -2.17. The maximum Gasteiger partial charge on any atom is 0.309 e. The smallest absolute Gasteiger partial charge is 0.309 e. The van der Waals surface area contributed by atoms with Crippen molar-refractivity contribution in [3.8, 4) is 0 Å². The highest BCUT2D eigenvalue weighted by Crippen LogP contribution is 2.27. The zero-order valence-electron chi connectivity index (χ0n) is 14.8. The van der Waals surface area contributed by atoms with Crippen molar-refractivity contribution in [3.63, 3.8) is 0 Å². The van der Waals surface area contributed by atoms with Gasteiger partial charge in [-0.25, -0.2) is 0 Å². The van der Waals surface area contributed by atoms with Gasteiger partial charge in [0, 0.05) is 42.0 Å². The minimum absolute atomic E-state index is 0.0178. The standard InChI is InChI=1S/C8H14BrNO.C8H13NO4/c1-8(2)5-6(3-4-9)7(11)10-8;1-8(2,9(11)12)5-6-3-4-13-7(6)10/h6H,3-5H2,1-2H3,(H,10,11);6H,3-5H2,1-2H3. The van der Waals surface area contributed by atoms with Crippen molar-refractivity contribution in [3.05, 3.63) is 10.1 Å². The van der Waals surface area contributed by atoms with E-state index in [0.717, 1.165) is 18.2 Å². The second-order valence-electron chi connectivity index (χ2n) is 7.68. The summed E-state index contributed by atoms with van der Waals surface area (Å²) >= 11 is 3.34. The van der Waals surface area contributed by atoms with Crippen molar-refractivity contribution in [1.29, 1.82) is 0 Å². The summed E-state index contributed by atoms with van der Waals surface area (Å²) in [6.45, 7) is 7.59. The molecule has 0 bridgehead atoms. The molecule has 0 aromatic heterocycles. The number of hydrogen-bond donors (Lipinski definition) is 1. The molecule has 2 aliphatic heterocycles. The number of nitro groups is 1. The molecule has 0 saturated carbocycles. The predicted molar refractivity (Wildman–Crippen MR) is 93.5 cm³/mol. The largest absolute Gasteiger partial charge is 0.465 e. The van der Waals surface area contributed by atoms with Crippen molar-refractivity contribution in [1.82, 2.24) is 5.32 Å². The first-order valence-corrected chi connectivity index (χ1v) is 9.30. The summed E-state index contributed by atoms with van der Waals surface area (Å²) in [6, 6.07) is 0. The summed E-state index contributed by atoms with van der Waals surface area (Å²) < 4.78 is 4.73. The molecule has 2 unspecified atom stereocenters. The molecular weight excluding hydrogens is 380 g/mol. The van der Waals surface area contributed by atoms with Crippen LogP contribution in [-0.4, -0.2) is 39.8 Å². The molecule has 7 nitrogen and oxygen atoms in total. The number of hydrogen-bond acceptors (Lipinski definition) is 5. The third-order valence-corrected chi connectivity index (χ3v) is 4.79. The number of carbonyl (C=O) groups excluding carboxylic acids is 2. The minimum atomic E-state index is -1.03. The highest BCUT2D eigenvalue weighted by Gasteiger charge is 2.39. The summed E-state index contributed by atoms with van der Waals surface area (Å²) in [4.78, 5) is 32.5. The number of nitrogens with one attached hydrogen (secondary N) is 1. The fourth-order valence-corrected chi connectivity index (χ4v) is 3.51. The number of rotatable bonds is 5. The molecule has 2 rings (SSSR count). The highest BCUT2D eigenvalue weighted by molar-refractivity contribution is 9.09. The van der Waals surface area contributed by atoms with Crippen LogP contribution in [0.3, 0.4) is 0 Å². The van der Waals surface area contributed by atoms with Gasteiger partial charge in [0.15, 0.2) is 0 Å². The normalized spacial score (nSPS) is 25.5. The van der Waals surface area contributed by atoms with Crippen LogP contribution >= 0.6 is 15.9 Å². The van der Waals surface area contributed by atoms with Gasteiger partial charge >= 0.3 is 5.97 Å².